The minimum atomic E-state index is -3.77. The molecule has 4 nitrogen and oxygen atoms in total. The number of rotatable bonds is 17. The molecule has 0 fully saturated rings. The normalized spacial score (nSPS) is 13.6. The first-order valence-corrected chi connectivity index (χ1v) is 11.4. The second kappa shape index (κ2) is 16.1. The van der Waals surface area contributed by atoms with Gasteiger partial charge in [-0.05, 0) is 25.7 Å². The molecule has 5 heteroatoms. The molecule has 2 N–H and O–H groups in total. The van der Waals surface area contributed by atoms with Gasteiger partial charge >= 0.3 is 0 Å². The summed E-state index contributed by atoms with van der Waals surface area (Å²) in [5, 5.41) is 9.67. The fraction of sp³-hybridized carbons (Fsp3) is 0.895. The van der Waals surface area contributed by atoms with Crippen LogP contribution in [0.5, 0.6) is 0 Å². The maximum Gasteiger partial charge on any atom is 0.264 e. The number of allylic oxidation sites excluding steroid dienone is 1. The maximum atomic E-state index is 10.5. The van der Waals surface area contributed by atoms with Crippen LogP contribution in [0.4, 0.5) is 0 Å². The van der Waals surface area contributed by atoms with Crippen molar-refractivity contribution < 1.29 is 18.1 Å². The van der Waals surface area contributed by atoms with Gasteiger partial charge in [0.15, 0.2) is 0 Å². The molecule has 0 heterocycles. The predicted molar refractivity (Wildman–Crippen MR) is 102 cm³/mol. The minimum Gasteiger partial charge on any atom is -0.389 e. The van der Waals surface area contributed by atoms with Crippen LogP contribution in [0.1, 0.15) is 96.8 Å². The van der Waals surface area contributed by atoms with Crippen molar-refractivity contribution in [2.24, 2.45) is 0 Å². The van der Waals surface area contributed by atoms with E-state index in [1.54, 1.807) is 0 Å². The van der Waals surface area contributed by atoms with Gasteiger partial charge in [0, 0.05) is 0 Å². The summed E-state index contributed by atoms with van der Waals surface area (Å²) in [5.41, 5.74) is 0. The summed E-state index contributed by atoms with van der Waals surface area (Å²) in [6.45, 7) is 2.14. The summed E-state index contributed by atoms with van der Waals surface area (Å²) < 4.78 is 29.7. The highest BCUT2D eigenvalue weighted by atomic mass is 32.2. The molecular formula is C19H38O4S. The Hall–Kier alpha value is -0.390. The second-order valence-electron chi connectivity index (χ2n) is 6.75. The van der Waals surface area contributed by atoms with Crippen LogP contribution < -0.4 is 0 Å². The number of aliphatic hydroxyl groups excluding tert-OH is 1. The Morgan fingerprint density at radius 2 is 1.33 bits per heavy atom. The molecule has 24 heavy (non-hydrogen) atoms. The third-order valence-electron chi connectivity index (χ3n) is 4.23. The van der Waals surface area contributed by atoms with Gasteiger partial charge < -0.3 is 5.11 Å². The molecule has 1 unspecified atom stereocenters. The minimum absolute atomic E-state index is 0.100. The Morgan fingerprint density at radius 3 is 1.83 bits per heavy atom. The van der Waals surface area contributed by atoms with Gasteiger partial charge in [0.1, 0.15) is 0 Å². The lowest BCUT2D eigenvalue weighted by Gasteiger charge is -2.03. The molecule has 0 aromatic rings. The molecule has 0 rings (SSSR count). The number of unbranched alkanes of at least 4 members (excludes halogenated alkanes) is 11. The molecule has 0 aromatic heterocycles. The molecular weight excluding hydrogens is 324 g/mol. The SMILES string of the molecule is CCCCC(O)C=CCCCCCCCCCCCCS(=O)(=O)O. The summed E-state index contributed by atoms with van der Waals surface area (Å²) in [4.78, 5) is 0. The summed E-state index contributed by atoms with van der Waals surface area (Å²) >= 11 is 0. The van der Waals surface area contributed by atoms with Gasteiger partial charge in [0.05, 0.1) is 11.9 Å². The van der Waals surface area contributed by atoms with Gasteiger partial charge in [0.2, 0.25) is 0 Å². The van der Waals surface area contributed by atoms with Crippen molar-refractivity contribution >= 4 is 10.1 Å². The fourth-order valence-corrected chi connectivity index (χ4v) is 3.29. The molecule has 0 bridgehead atoms. The Bertz CT molecular complexity index is 390. The molecule has 0 saturated carbocycles. The lowest BCUT2D eigenvalue weighted by Crippen LogP contribution is -2.03. The quantitative estimate of drug-likeness (QED) is 0.210. The third kappa shape index (κ3) is 19.7. The largest absolute Gasteiger partial charge is 0.389 e. The van der Waals surface area contributed by atoms with Crippen LogP contribution in [0.15, 0.2) is 12.2 Å². The van der Waals surface area contributed by atoms with Gasteiger partial charge in [-0.3, -0.25) is 4.55 Å². The third-order valence-corrected chi connectivity index (χ3v) is 5.04. The van der Waals surface area contributed by atoms with E-state index in [1.807, 2.05) is 6.08 Å². The monoisotopic (exact) mass is 362 g/mol. The average Bonchev–Trinajstić information content (AvgIpc) is 2.52. The fourth-order valence-electron chi connectivity index (χ4n) is 2.72. The zero-order chi connectivity index (χ0) is 18.1. The number of hydrogen-bond acceptors (Lipinski definition) is 3. The van der Waals surface area contributed by atoms with E-state index in [-0.39, 0.29) is 11.9 Å². The van der Waals surface area contributed by atoms with Gasteiger partial charge in [0.25, 0.3) is 10.1 Å². The van der Waals surface area contributed by atoms with E-state index in [0.29, 0.717) is 6.42 Å². The van der Waals surface area contributed by atoms with Crippen LogP contribution in [0.2, 0.25) is 0 Å². The Labute approximate surface area is 149 Å². The molecule has 0 aromatic carbocycles. The first-order chi connectivity index (χ1) is 11.5. The van der Waals surface area contributed by atoms with E-state index in [1.165, 1.54) is 38.5 Å². The summed E-state index contributed by atoms with van der Waals surface area (Å²) in [5.74, 6) is -0.100. The molecule has 0 spiro atoms. The second-order valence-corrected chi connectivity index (χ2v) is 8.32. The lowest BCUT2D eigenvalue weighted by atomic mass is 10.1. The van der Waals surface area contributed by atoms with E-state index in [4.69, 9.17) is 4.55 Å². The molecule has 0 aliphatic carbocycles. The number of aliphatic hydroxyl groups is 1. The highest BCUT2D eigenvalue weighted by molar-refractivity contribution is 7.85. The van der Waals surface area contributed by atoms with Crippen molar-refractivity contribution in [1.29, 1.82) is 0 Å². The Balaban J connectivity index is 3.21. The van der Waals surface area contributed by atoms with Crippen molar-refractivity contribution in [1.82, 2.24) is 0 Å². The molecule has 1 atom stereocenters. The van der Waals surface area contributed by atoms with Gasteiger partial charge in [-0.2, -0.15) is 8.42 Å². The van der Waals surface area contributed by atoms with E-state index < -0.39 is 10.1 Å². The predicted octanol–water partition coefficient (Wildman–Crippen LogP) is 5.27. The Kier molecular flexibility index (Phi) is 15.8. The van der Waals surface area contributed by atoms with Gasteiger partial charge in [-0.25, -0.2) is 0 Å². The lowest BCUT2D eigenvalue weighted by molar-refractivity contribution is 0.209. The standard InChI is InChI=1S/C19H38O4S/c1-2-3-16-19(20)17-14-12-10-8-6-4-5-7-9-11-13-15-18-24(21,22)23/h14,17,19-20H,2-13,15-16,18H2,1H3,(H,21,22,23). The van der Waals surface area contributed by atoms with Crippen LogP contribution in [0.25, 0.3) is 0 Å². The van der Waals surface area contributed by atoms with Crippen molar-refractivity contribution in [3.8, 4) is 0 Å². The zero-order valence-electron chi connectivity index (χ0n) is 15.5. The van der Waals surface area contributed by atoms with E-state index >= 15 is 0 Å². The van der Waals surface area contributed by atoms with Crippen molar-refractivity contribution in [2.45, 2.75) is 103 Å². The average molecular weight is 363 g/mol. The Morgan fingerprint density at radius 1 is 0.833 bits per heavy atom. The highest BCUT2D eigenvalue weighted by Crippen LogP contribution is 2.12. The first-order valence-electron chi connectivity index (χ1n) is 9.75. The first kappa shape index (κ1) is 23.6. The van der Waals surface area contributed by atoms with E-state index in [9.17, 15) is 13.5 Å². The smallest absolute Gasteiger partial charge is 0.264 e. The summed E-state index contributed by atoms with van der Waals surface area (Å²) in [7, 11) is -3.77. The van der Waals surface area contributed by atoms with Gasteiger partial charge in [-0.15, -0.1) is 0 Å². The summed E-state index contributed by atoms with van der Waals surface area (Å²) in [6.07, 6.45) is 19.1. The number of hydrogen-bond donors (Lipinski definition) is 2. The van der Waals surface area contributed by atoms with Crippen LogP contribution in [0, 0.1) is 0 Å². The van der Waals surface area contributed by atoms with Crippen LogP contribution in [0.3, 0.4) is 0 Å². The van der Waals surface area contributed by atoms with Crippen LogP contribution in [-0.4, -0.2) is 29.9 Å². The molecule has 144 valence electrons. The molecule has 0 amide bonds. The van der Waals surface area contributed by atoms with Crippen molar-refractivity contribution in [3.05, 3.63) is 12.2 Å². The highest BCUT2D eigenvalue weighted by Gasteiger charge is 2.02. The van der Waals surface area contributed by atoms with Crippen molar-refractivity contribution in [3.63, 3.8) is 0 Å². The molecule has 0 aliphatic rings. The van der Waals surface area contributed by atoms with Crippen molar-refractivity contribution in [2.75, 3.05) is 5.75 Å². The van der Waals surface area contributed by atoms with Crippen LogP contribution in [-0.2, 0) is 10.1 Å². The molecule has 0 saturated heterocycles. The van der Waals surface area contributed by atoms with E-state index in [0.717, 1.165) is 44.9 Å². The van der Waals surface area contributed by atoms with E-state index in [2.05, 4.69) is 13.0 Å². The molecule has 0 radical (unpaired) electrons. The zero-order valence-corrected chi connectivity index (χ0v) is 16.3. The molecule has 0 aliphatic heterocycles. The topological polar surface area (TPSA) is 74.6 Å². The van der Waals surface area contributed by atoms with Gasteiger partial charge in [-0.1, -0.05) is 83.3 Å². The van der Waals surface area contributed by atoms with Crippen LogP contribution >= 0.6 is 0 Å². The maximum absolute atomic E-state index is 10.5. The summed E-state index contributed by atoms with van der Waals surface area (Å²) in [6, 6.07) is 0.